The van der Waals surface area contributed by atoms with Gasteiger partial charge in [0.1, 0.15) is 84.8 Å². The zero-order valence-electron chi connectivity index (χ0n) is 49.0. The van der Waals surface area contributed by atoms with Crippen molar-refractivity contribution in [2.75, 3.05) is 13.2 Å². The van der Waals surface area contributed by atoms with Crippen molar-refractivity contribution < 1.29 is 124 Å². The van der Waals surface area contributed by atoms with Crippen LogP contribution in [0.3, 0.4) is 0 Å². The number of esters is 1. The maximum absolute atomic E-state index is 15.4. The molecule has 0 aromatic rings. The second kappa shape index (κ2) is 23.3. The van der Waals surface area contributed by atoms with Crippen molar-refractivity contribution in [3.05, 3.63) is 11.6 Å². The minimum atomic E-state index is -1.92. The first kappa shape index (κ1) is 64.3. The Labute approximate surface area is 483 Å². The fourth-order valence-electron chi connectivity index (χ4n) is 17.5. The number of hydrogen-bond acceptors (Lipinski definition) is 25. The highest BCUT2D eigenvalue weighted by Gasteiger charge is 2.72. The second-order valence-corrected chi connectivity index (χ2v) is 28.3. The summed E-state index contributed by atoms with van der Waals surface area (Å²) in [5, 5.41) is 153. The predicted octanol–water partition coefficient (Wildman–Crippen LogP) is -1.56. The highest BCUT2D eigenvalue weighted by molar-refractivity contribution is 5.80. The molecule has 0 radical (unpaired) electrons. The Morgan fingerprint density at radius 3 is 1.88 bits per heavy atom. The van der Waals surface area contributed by atoms with Gasteiger partial charge in [0.25, 0.3) is 0 Å². The number of aliphatic hydroxyl groups excluding tert-OH is 14. The zero-order valence-corrected chi connectivity index (χ0v) is 49.0. The van der Waals surface area contributed by atoms with Crippen LogP contribution in [0.1, 0.15) is 127 Å². The SMILES string of the molecule is C[C@@H]1O[C@H](O[C@H]2[C@H](O)O[C@H](O[C@@H]3[C@@H](O)[C@@H](O)C(O[C@H]4[C@H](OC(=O)[C@]56CCC(C)(C)CC5C5=CCC7[C@@]8(C)CC[C@H](O[C@H]9O[C@H](CO)[C@@H](O)[C@H](O)[C@H]9O)C(C)(C)C8CC[C@@]7(C)[C@]5(C)C[C@H]6O)OC[C@@H](O)[C@@H]4O)O[C@H]3C)C[C@@H]2O)[C@@H](O)[C@H](O)[C@H]1O. The van der Waals surface area contributed by atoms with Crippen molar-refractivity contribution in [2.24, 2.45) is 50.2 Å². The molecule has 10 rings (SSSR count). The Balaban J connectivity index is 0.829. The molecule has 4 saturated carbocycles. The molecule has 5 aliphatic heterocycles. The average molecular weight is 1190 g/mol. The number of carbonyl (C=O) groups is 1. The Hall–Kier alpha value is -1.71. The molecule has 83 heavy (non-hydrogen) atoms. The number of rotatable bonds is 11. The van der Waals surface area contributed by atoms with E-state index in [-0.39, 0.29) is 53.4 Å². The van der Waals surface area contributed by atoms with Crippen LogP contribution >= 0.6 is 0 Å². The maximum Gasteiger partial charge on any atom is 0.317 e. The topological polar surface area (TPSA) is 393 Å². The van der Waals surface area contributed by atoms with E-state index in [0.717, 1.165) is 24.8 Å². The summed E-state index contributed by atoms with van der Waals surface area (Å²) in [6.07, 6.45) is -29.6. The van der Waals surface area contributed by atoms with Gasteiger partial charge in [-0.2, -0.15) is 0 Å². The molecule has 0 bridgehead atoms. The van der Waals surface area contributed by atoms with Gasteiger partial charge < -0.3 is 119 Å². The van der Waals surface area contributed by atoms with Crippen LogP contribution in [0.25, 0.3) is 0 Å². The molecule has 25 nitrogen and oxygen atoms in total. The van der Waals surface area contributed by atoms with Gasteiger partial charge in [0, 0.05) is 6.42 Å². The van der Waals surface area contributed by atoms with Gasteiger partial charge >= 0.3 is 5.97 Å². The van der Waals surface area contributed by atoms with Crippen LogP contribution < -0.4 is 0 Å². The summed E-state index contributed by atoms with van der Waals surface area (Å²) >= 11 is 0. The Morgan fingerprint density at radius 1 is 0.590 bits per heavy atom. The third kappa shape index (κ3) is 10.7. The maximum atomic E-state index is 15.4. The van der Waals surface area contributed by atoms with Crippen LogP contribution in [-0.2, 0) is 52.2 Å². The van der Waals surface area contributed by atoms with Crippen molar-refractivity contribution in [3.8, 4) is 0 Å². The van der Waals surface area contributed by atoms with E-state index in [1.54, 1.807) is 0 Å². The first-order valence-electron chi connectivity index (χ1n) is 30.0. The van der Waals surface area contributed by atoms with Crippen LogP contribution in [0, 0.1) is 50.2 Å². The van der Waals surface area contributed by atoms with E-state index in [1.807, 2.05) is 0 Å². The number of hydrogen-bond donors (Lipinski definition) is 14. The monoisotopic (exact) mass is 1190 g/mol. The van der Waals surface area contributed by atoms with Gasteiger partial charge in [-0.3, -0.25) is 4.79 Å². The molecule has 10 aliphatic rings. The third-order valence-corrected chi connectivity index (χ3v) is 22.7. The number of ether oxygens (including phenoxy) is 10. The Morgan fingerprint density at radius 2 is 1.22 bits per heavy atom. The number of allylic oxidation sites excluding steroid dienone is 2. The minimum absolute atomic E-state index is 0.143. The summed E-state index contributed by atoms with van der Waals surface area (Å²) in [6, 6.07) is 0. The third-order valence-electron chi connectivity index (χ3n) is 22.7. The van der Waals surface area contributed by atoms with Crippen LogP contribution in [0.5, 0.6) is 0 Å². The van der Waals surface area contributed by atoms with E-state index in [1.165, 1.54) is 13.8 Å². The van der Waals surface area contributed by atoms with E-state index >= 15 is 4.79 Å². The molecule has 5 aliphatic carbocycles. The van der Waals surface area contributed by atoms with Crippen LogP contribution in [-0.4, -0.2) is 244 Å². The fourth-order valence-corrected chi connectivity index (χ4v) is 17.5. The molecule has 0 aromatic heterocycles. The van der Waals surface area contributed by atoms with Crippen molar-refractivity contribution in [2.45, 2.75) is 280 Å². The molecule has 5 heterocycles. The van der Waals surface area contributed by atoms with E-state index < -0.39 is 189 Å². The van der Waals surface area contributed by atoms with Crippen molar-refractivity contribution >= 4 is 5.97 Å². The number of carbonyl (C=O) groups excluding carboxylic acids is 1. The number of fused-ring (bicyclic) bond motifs is 7. The summed E-state index contributed by atoms with van der Waals surface area (Å²) in [5.74, 6) is -0.969. The van der Waals surface area contributed by atoms with E-state index in [2.05, 4.69) is 54.5 Å². The lowest BCUT2D eigenvalue weighted by Gasteiger charge is -2.71. The summed E-state index contributed by atoms with van der Waals surface area (Å²) in [4.78, 5) is 15.4. The summed E-state index contributed by atoms with van der Waals surface area (Å²) < 4.78 is 59.2. The van der Waals surface area contributed by atoms with Gasteiger partial charge in [0.15, 0.2) is 37.6 Å². The van der Waals surface area contributed by atoms with E-state index in [0.29, 0.717) is 25.7 Å². The number of aliphatic hydroxyl groups is 14. The molecule has 0 amide bonds. The first-order valence-corrected chi connectivity index (χ1v) is 30.0. The predicted molar refractivity (Wildman–Crippen MR) is 282 cm³/mol. The molecule has 0 spiro atoms. The molecular weight excluding hydrogens is 1100 g/mol. The van der Waals surface area contributed by atoms with Gasteiger partial charge in [-0.05, 0) is 116 Å². The average Bonchev–Trinajstić information content (AvgIpc) is 2.04. The highest BCUT2D eigenvalue weighted by atomic mass is 16.8. The van der Waals surface area contributed by atoms with Gasteiger partial charge in [0.2, 0.25) is 6.29 Å². The van der Waals surface area contributed by atoms with Gasteiger partial charge in [-0.15, -0.1) is 0 Å². The van der Waals surface area contributed by atoms with Gasteiger partial charge in [0.05, 0.1) is 43.7 Å². The summed E-state index contributed by atoms with van der Waals surface area (Å²) in [5.41, 5.74) is -2.21. The molecule has 5 saturated heterocycles. The van der Waals surface area contributed by atoms with Crippen molar-refractivity contribution in [1.29, 1.82) is 0 Å². The fraction of sp³-hybridized carbons (Fsp3) is 0.948. The minimum Gasteiger partial charge on any atom is -0.432 e. The second-order valence-electron chi connectivity index (χ2n) is 28.3. The lowest BCUT2D eigenvalue weighted by Crippen LogP contribution is -2.68. The van der Waals surface area contributed by atoms with E-state index in [9.17, 15) is 71.5 Å². The largest absolute Gasteiger partial charge is 0.432 e. The Bertz CT molecular complexity index is 2310. The zero-order chi connectivity index (χ0) is 60.6. The van der Waals surface area contributed by atoms with Crippen LogP contribution in [0.2, 0.25) is 0 Å². The molecule has 0 aromatic carbocycles. The molecular formula is C58H94O25. The molecule has 9 fully saturated rings. The highest BCUT2D eigenvalue weighted by Crippen LogP contribution is 2.76. The molecule has 25 heteroatoms. The summed E-state index contributed by atoms with van der Waals surface area (Å²) in [7, 11) is 0. The van der Waals surface area contributed by atoms with Gasteiger partial charge in [-0.25, -0.2) is 0 Å². The lowest BCUT2D eigenvalue weighted by molar-refractivity contribution is -0.386. The van der Waals surface area contributed by atoms with Crippen LogP contribution in [0.15, 0.2) is 11.6 Å². The smallest absolute Gasteiger partial charge is 0.317 e. The van der Waals surface area contributed by atoms with Crippen LogP contribution in [0.4, 0.5) is 0 Å². The standard InChI is InChI=1S/C58H94O25/c1-23-35(63)38(66)41(69)48(75-23)81-45-27(60)18-34(80-47(45)72)79-44-24(2)76-49(43(71)40(44)68)82-46-36(64)28(61)22-74-51(46)83-52(73)58-17-16-53(3,4)19-26(58)25-10-11-31-55(7)14-13-33(78-50-42(70)39(67)37(65)29(21-59)77-50)54(5,6)30(55)12-15-56(31,8)57(25,9)20-32(58)62/h10,23-24,26-51,59-72H,11-22H2,1-9H3/t23-,24-,26?,27-,28+,29+,30?,31?,32+,33-,34-,35-,36-,37+,38+,39-,40-,41-,42+,43+,44-,45+,46+,47+,48+,49?,50+,51-,55-,56+,57+,58+/m0/s1. The molecule has 14 N–H and O–H groups in total. The summed E-state index contributed by atoms with van der Waals surface area (Å²) in [6.45, 7) is 17.5. The lowest BCUT2D eigenvalue weighted by atomic mass is 9.33. The molecule has 32 atom stereocenters. The Kier molecular flexibility index (Phi) is 18.0. The quantitative estimate of drug-likeness (QED) is 0.0632. The van der Waals surface area contributed by atoms with Crippen molar-refractivity contribution in [1.82, 2.24) is 0 Å². The van der Waals surface area contributed by atoms with Gasteiger partial charge in [-0.1, -0.05) is 60.1 Å². The van der Waals surface area contributed by atoms with E-state index in [4.69, 9.17) is 47.4 Å². The normalized spacial score (nSPS) is 55.1. The molecule has 4 unspecified atom stereocenters. The van der Waals surface area contributed by atoms with Crippen molar-refractivity contribution in [3.63, 3.8) is 0 Å². The first-order chi connectivity index (χ1) is 38.8. The molecule has 476 valence electrons.